The molecule has 0 aliphatic carbocycles. The first-order valence-corrected chi connectivity index (χ1v) is 10.4. The molecule has 0 aromatic rings. The Balaban J connectivity index is 0. The topological polar surface area (TPSA) is 69.2 Å². The first kappa shape index (κ1) is 28.6. The summed E-state index contributed by atoms with van der Waals surface area (Å²) in [5.74, 6) is -1.48. The second-order valence-corrected chi connectivity index (χ2v) is 6.82. The SMILES string of the molecule is CCCCC/C=C\CCCCCCC/C=C\CCCC(=O)NCC(=O)[O-].[Na+]. The van der Waals surface area contributed by atoms with Gasteiger partial charge in [-0.1, -0.05) is 63.3 Å². The number of amides is 1. The molecule has 0 saturated heterocycles. The molecule has 150 valence electrons. The Morgan fingerprint density at radius 1 is 0.741 bits per heavy atom. The number of hydrogen-bond acceptors (Lipinski definition) is 3. The summed E-state index contributed by atoms with van der Waals surface area (Å²) in [6.07, 6.45) is 25.0. The zero-order valence-electron chi connectivity index (χ0n) is 17.6. The number of nitrogens with one attached hydrogen (secondary N) is 1. The summed E-state index contributed by atoms with van der Waals surface area (Å²) in [7, 11) is 0. The number of carboxylic acid groups (broad SMARTS) is 1. The van der Waals surface area contributed by atoms with E-state index >= 15 is 0 Å². The molecule has 5 heteroatoms. The van der Waals surface area contributed by atoms with E-state index in [2.05, 4.69) is 36.5 Å². The number of hydrogen-bond donors (Lipinski definition) is 1. The normalized spacial score (nSPS) is 11.0. The molecule has 0 saturated carbocycles. The van der Waals surface area contributed by atoms with Crippen LogP contribution in [0.25, 0.3) is 0 Å². The summed E-state index contributed by atoms with van der Waals surface area (Å²) < 4.78 is 0. The predicted octanol–water partition coefficient (Wildman–Crippen LogP) is 1.45. The van der Waals surface area contributed by atoms with E-state index in [0.717, 1.165) is 19.3 Å². The summed E-state index contributed by atoms with van der Waals surface area (Å²) in [4.78, 5) is 21.5. The van der Waals surface area contributed by atoms with Crippen LogP contribution in [0.4, 0.5) is 0 Å². The minimum absolute atomic E-state index is 0. The standard InChI is InChI=1S/C22H39NO3.Na/c1-2-3-4-5-6-7-8-9-10-11-12-13-14-15-16-17-18-19-21(24)23-20-22(25)26;/h6-7,15-16H,2-5,8-14,17-20H2,1H3,(H,23,24)(H,25,26);/q;+1/p-1/b7-6-,16-15-;. The quantitative estimate of drug-likeness (QED) is 0.220. The van der Waals surface area contributed by atoms with Crippen molar-refractivity contribution in [3.63, 3.8) is 0 Å². The monoisotopic (exact) mass is 387 g/mol. The Bertz CT molecular complexity index is 408. The number of carbonyl (C=O) groups excluding carboxylic acids is 2. The number of unbranched alkanes of at least 4 members (excludes halogenated alkanes) is 10. The average Bonchev–Trinajstić information content (AvgIpc) is 2.62. The van der Waals surface area contributed by atoms with Gasteiger partial charge < -0.3 is 15.2 Å². The molecular weight excluding hydrogens is 349 g/mol. The van der Waals surface area contributed by atoms with Gasteiger partial charge >= 0.3 is 29.6 Å². The van der Waals surface area contributed by atoms with Crippen LogP contribution in [0.15, 0.2) is 24.3 Å². The van der Waals surface area contributed by atoms with Crippen molar-refractivity contribution < 1.29 is 44.3 Å². The molecule has 1 N–H and O–H groups in total. The van der Waals surface area contributed by atoms with Crippen LogP contribution in [-0.4, -0.2) is 18.4 Å². The minimum Gasteiger partial charge on any atom is -0.548 e. The maximum atomic E-state index is 11.3. The maximum absolute atomic E-state index is 11.3. The van der Waals surface area contributed by atoms with Crippen LogP contribution in [0, 0.1) is 0 Å². The third kappa shape index (κ3) is 25.4. The van der Waals surface area contributed by atoms with Gasteiger partial charge in [-0.2, -0.15) is 0 Å². The fourth-order valence-electron chi connectivity index (χ4n) is 2.68. The van der Waals surface area contributed by atoms with Gasteiger partial charge in [0.2, 0.25) is 5.91 Å². The van der Waals surface area contributed by atoms with Gasteiger partial charge in [0.05, 0.1) is 12.5 Å². The van der Waals surface area contributed by atoms with E-state index in [1.807, 2.05) is 0 Å². The van der Waals surface area contributed by atoms with Crippen molar-refractivity contribution in [1.82, 2.24) is 5.32 Å². The first-order valence-electron chi connectivity index (χ1n) is 10.4. The third-order valence-electron chi connectivity index (χ3n) is 4.25. The summed E-state index contributed by atoms with van der Waals surface area (Å²) >= 11 is 0. The van der Waals surface area contributed by atoms with E-state index in [-0.39, 0.29) is 35.5 Å². The fraction of sp³-hybridized carbons (Fsp3) is 0.727. The molecule has 0 spiro atoms. The van der Waals surface area contributed by atoms with Gasteiger partial charge in [-0.15, -0.1) is 0 Å². The molecular formula is C22H38NNaO3. The molecule has 0 heterocycles. The van der Waals surface area contributed by atoms with Crippen molar-refractivity contribution in [2.45, 2.75) is 96.8 Å². The van der Waals surface area contributed by atoms with Gasteiger partial charge in [-0.25, -0.2) is 0 Å². The molecule has 4 nitrogen and oxygen atoms in total. The Labute approximate surface area is 188 Å². The summed E-state index contributed by atoms with van der Waals surface area (Å²) in [6.45, 7) is 1.84. The van der Waals surface area contributed by atoms with E-state index in [1.165, 1.54) is 64.2 Å². The van der Waals surface area contributed by atoms with Crippen LogP contribution in [0.5, 0.6) is 0 Å². The molecule has 0 rings (SSSR count). The molecule has 0 atom stereocenters. The molecule has 0 unspecified atom stereocenters. The summed E-state index contributed by atoms with van der Waals surface area (Å²) in [6, 6.07) is 0. The molecule has 0 aliphatic heterocycles. The Hall–Kier alpha value is -0.580. The molecule has 0 aromatic heterocycles. The first-order chi connectivity index (χ1) is 12.7. The molecule has 0 aromatic carbocycles. The number of carbonyl (C=O) groups is 2. The molecule has 27 heavy (non-hydrogen) atoms. The second kappa shape index (κ2) is 23.5. The number of aliphatic carboxylic acids is 1. The van der Waals surface area contributed by atoms with E-state index in [0.29, 0.717) is 6.42 Å². The van der Waals surface area contributed by atoms with Gasteiger partial charge in [0.15, 0.2) is 0 Å². The van der Waals surface area contributed by atoms with Crippen molar-refractivity contribution in [1.29, 1.82) is 0 Å². The van der Waals surface area contributed by atoms with Crippen LogP contribution in [0.2, 0.25) is 0 Å². The maximum Gasteiger partial charge on any atom is 1.00 e. The van der Waals surface area contributed by atoms with Gasteiger partial charge in [0.1, 0.15) is 0 Å². The van der Waals surface area contributed by atoms with Crippen LogP contribution in [0.1, 0.15) is 96.8 Å². The molecule has 0 bridgehead atoms. The van der Waals surface area contributed by atoms with Gasteiger partial charge in [-0.05, 0) is 51.4 Å². The molecule has 1 amide bonds. The molecule has 0 aliphatic rings. The minimum atomic E-state index is -1.25. The van der Waals surface area contributed by atoms with Crippen molar-refractivity contribution in [2.24, 2.45) is 0 Å². The van der Waals surface area contributed by atoms with Gasteiger partial charge in [0.25, 0.3) is 0 Å². The largest absolute Gasteiger partial charge is 1.00 e. The number of carboxylic acids is 1. The molecule has 0 fully saturated rings. The smallest absolute Gasteiger partial charge is 0.548 e. The van der Waals surface area contributed by atoms with Crippen LogP contribution in [-0.2, 0) is 9.59 Å². The van der Waals surface area contributed by atoms with Gasteiger partial charge in [0, 0.05) is 6.42 Å². The Morgan fingerprint density at radius 3 is 1.67 bits per heavy atom. The van der Waals surface area contributed by atoms with Crippen molar-refractivity contribution in [3.05, 3.63) is 24.3 Å². The zero-order valence-corrected chi connectivity index (χ0v) is 19.6. The van der Waals surface area contributed by atoms with E-state index < -0.39 is 12.5 Å². The Kier molecular flexibility index (Phi) is 24.9. The van der Waals surface area contributed by atoms with Gasteiger partial charge in [-0.3, -0.25) is 4.79 Å². The number of rotatable bonds is 18. The van der Waals surface area contributed by atoms with E-state index in [4.69, 9.17) is 0 Å². The zero-order chi connectivity index (χ0) is 19.3. The van der Waals surface area contributed by atoms with Crippen LogP contribution < -0.4 is 40.0 Å². The van der Waals surface area contributed by atoms with E-state index in [1.54, 1.807) is 0 Å². The summed E-state index contributed by atoms with van der Waals surface area (Å²) in [5, 5.41) is 12.5. The van der Waals surface area contributed by atoms with E-state index in [9.17, 15) is 14.7 Å². The van der Waals surface area contributed by atoms with Crippen molar-refractivity contribution in [2.75, 3.05) is 6.54 Å². The summed E-state index contributed by atoms with van der Waals surface area (Å²) in [5.41, 5.74) is 0. The molecule has 0 radical (unpaired) electrons. The fourth-order valence-corrected chi connectivity index (χ4v) is 2.68. The van der Waals surface area contributed by atoms with Crippen LogP contribution in [0.3, 0.4) is 0 Å². The average molecular weight is 388 g/mol. The van der Waals surface area contributed by atoms with Crippen LogP contribution >= 0.6 is 0 Å². The third-order valence-corrected chi connectivity index (χ3v) is 4.25. The predicted molar refractivity (Wildman–Crippen MR) is 107 cm³/mol. The Morgan fingerprint density at radius 2 is 1.19 bits per heavy atom. The van der Waals surface area contributed by atoms with Crippen molar-refractivity contribution in [3.8, 4) is 0 Å². The number of allylic oxidation sites excluding steroid dienone is 4. The second-order valence-electron chi connectivity index (χ2n) is 6.82. The van der Waals surface area contributed by atoms with Crippen molar-refractivity contribution >= 4 is 11.9 Å².